The van der Waals surface area contributed by atoms with Gasteiger partial charge in [-0.15, -0.1) is 0 Å². The molecule has 1 N–H and O–H groups in total. The third kappa shape index (κ3) is 10.0. The zero-order valence-electron chi connectivity index (χ0n) is 29.9. The summed E-state index contributed by atoms with van der Waals surface area (Å²) in [5, 5.41) is 4.80. The van der Waals surface area contributed by atoms with Crippen LogP contribution < -0.4 is 14.8 Å². The lowest BCUT2D eigenvalue weighted by Gasteiger charge is -2.39. The molecule has 0 aromatic heterocycles. The minimum absolute atomic E-state index is 0.220. The summed E-state index contributed by atoms with van der Waals surface area (Å²) in [5.74, 6) is -2.86. The van der Waals surface area contributed by atoms with Crippen LogP contribution in [-0.2, 0) is 15.5 Å². The van der Waals surface area contributed by atoms with Crippen molar-refractivity contribution in [2.75, 3.05) is 26.7 Å². The predicted molar refractivity (Wildman–Crippen MR) is 194 cm³/mol. The number of piperidine rings is 1. The van der Waals surface area contributed by atoms with Crippen molar-refractivity contribution in [3.05, 3.63) is 66.2 Å². The second-order valence-electron chi connectivity index (χ2n) is 14.3. The molecule has 1 saturated heterocycles. The second-order valence-corrected chi connectivity index (χ2v) is 15.6. The van der Waals surface area contributed by atoms with Gasteiger partial charge >= 0.3 is 6.09 Å². The molecular weight excluding hydrogens is 661 g/mol. The third-order valence-electron chi connectivity index (χ3n) is 9.11. The number of likely N-dealkylation sites (tertiary alicyclic amines) is 1. The molecule has 3 aromatic carbocycles. The molecule has 1 unspecified atom stereocenters. The van der Waals surface area contributed by atoms with E-state index in [0.717, 1.165) is 59.0 Å². The summed E-state index contributed by atoms with van der Waals surface area (Å²) in [7, 11) is 1.54. The van der Waals surface area contributed by atoms with E-state index in [9.17, 15) is 9.59 Å². The Kier molecular flexibility index (Phi) is 12.5. The number of benzene rings is 3. The first-order valence-corrected chi connectivity index (χ1v) is 18.6. The SMILES string of the molecule is CCCCOc1ccc(C(F)(F)C(C(=O)N2CCC(NC(=O)OC(C)(C)C)CC2)N(C)Sc2ccc3cc(OC4CCCC4)ccc3c2)cc1. The first-order chi connectivity index (χ1) is 23.8. The van der Waals surface area contributed by atoms with Gasteiger partial charge in [-0.25, -0.2) is 9.10 Å². The second kappa shape index (κ2) is 16.6. The van der Waals surface area contributed by atoms with Gasteiger partial charge in [-0.1, -0.05) is 25.5 Å². The summed E-state index contributed by atoms with van der Waals surface area (Å²) in [4.78, 5) is 28.7. The number of hydrogen-bond acceptors (Lipinski definition) is 7. The third-order valence-corrected chi connectivity index (χ3v) is 10.1. The van der Waals surface area contributed by atoms with E-state index in [1.165, 1.54) is 46.3 Å². The number of halogens is 2. The molecule has 1 saturated carbocycles. The summed E-state index contributed by atoms with van der Waals surface area (Å²) >= 11 is 1.12. The maximum atomic E-state index is 16.7. The molecule has 1 aliphatic carbocycles. The fraction of sp³-hybridized carbons (Fsp3) is 0.538. The molecule has 50 heavy (non-hydrogen) atoms. The Labute approximate surface area is 299 Å². The van der Waals surface area contributed by atoms with E-state index in [0.29, 0.717) is 25.2 Å². The lowest BCUT2D eigenvalue weighted by Crippen LogP contribution is -2.56. The molecule has 1 aliphatic heterocycles. The quantitative estimate of drug-likeness (QED) is 0.140. The van der Waals surface area contributed by atoms with Crippen LogP contribution in [0.15, 0.2) is 65.6 Å². The van der Waals surface area contributed by atoms with E-state index >= 15 is 8.78 Å². The van der Waals surface area contributed by atoms with Gasteiger partial charge in [0.1, 0.15) is 17.1 Å². The molecule has 5 rings (SSSR count). The van der Waals surface area contributed by atoms with Gasteiger partial charge in [-0.3, -0.25) is 4.79 Å². The maximum absolute atomic E-state index is 16.7. The number of ether oxygens (including phenoxy) is 3. The zero-order valence-corrected chi connectivity index (χ0v) is 30.7. The number of alkyl halides is 2. The van der Waals surface area contributed by atoms with Crippen LogP contribution in [0.25, 0.3) is 10.8 Å². The maximum Gasteiger partial charge on any atom is 0.407 e. The number of carbonyl (C=O) groups excluding carboxylic acids is 2. The highest BCUT2D eigenvalue weighted by Crippen LogP contribution is 2.40. The molecule has 1 heterocycles. The number of alkyl carbamates (subject to hydrolysis) is 1. The summed E-state index contributed by atoms with van der Waals surface area (Å²) in [6, 6.07) is 15.5. The van der Waals surface area contributed by atoms with E-state index < -0.39 is 29.6 Å². The average Bonchev–Trinajstić information content (AvgIpc) is 3.57. The van der Waals surface area contributed by atoms with Gasteiger partial charge < -0.3 is 24.4 Å². The van der Waals surface area contributed by atoms with E-state index in [1.54, 1.807) is 27.8 Å². The minimum atomic E-state index is -3.53. The number of rotatable bonds is 13. The van der Waals surface area contributed by atoms with Gasteiger partial charge in [0.25, 0.3) is 5.92 Å². The molecule has 272 valence electrons. The van der Waals surface area contributed by atoms with E-state index in [4.69, 9.17) is 14.2 Å². The number of unbranched alkanes of at least 4 members (excludes halogenated alkanes) is 1. The first-order valence-electron chi connectivity index (χ1n) is 17.8. The van der Waals surface area contributed by atoms with Crippen molar-refractivity contribution in [1.82, 2.24) is 14.5 Å². The molecular formula is C39H51F2N3O5S. The molecule has 2 amide bonds. The van der Waals surface area contributed by atoms with Crippen LogP contribution in [-0.4, -0.2) is 71.7 Å². The van der Waals surface area contributed by atoms with Gasteiger partial charge in [-0.2, -0.15) is 8.78 Å². The highest BCUT2D eigenvalue weighted by atomic mass is 32.2. The normalized spacial score (nSPS) is 16.8. The van der Waals surface area contributed by atoms with Crippen LogP contribution >= 0.6 is 11.9 Å². The Hall–Kier alpha value is -3.57. The fourth-order valence-corrected chi connectivity index (χ4v) is 7.41. The van der Waals surface area contributed by atoms with Crippen molar-refractivity contribution in [3.8, 4) is 11.5 Å². The Morgan fingerprint density at radius 1 is 0.940 bits per heavy atom. The number of nitrogens with zero attached hydrogens (tertiary/aromatic N) is 2. The molecule has 1 atom stereocenters. The van der Waals surface area contributed by atoms with Crippen LogP contribution in [0, 0.1) is 0 Å². The van der Waals surface area contributed by atoms with Crippen LogP contribution in [0.5, 0.6) is 11.5 Å². The summed E-state index contributed by atoms with van der Waals surface area (Å²) in [5.41, 5.74) is -0.903. The average molecular weight is 712 g/mol. The molecule has 2 fully saturated rings. The van der Waals surface area contributed by atoms with Crippen molar-refractivity contribution in [2.24, 2.45) is 0 Å². The summed E-state index contributed by atoms with van der Waals surface area (Å²) in [6.07, 6.45) is 6.94. The number of fused-ring (bicyclic) bond motifs is 1. The Bertz CT molecular complexity index is 1580. The monoisotopic (exact) mass is 711 g/mol. The Balaban J connectivity index is 1.33. The summed E-state index contributed by atoms with van der Waals surface area (Å²) < 4.78 is 51.9. The number of carbonyl (C=O) groups is 2. The van der Waals surface area contributed by atoms with Gasteiger partial charge in [0.2, 0.25) is 5.91 Å². The van der Waals surface area contributed by atoms with Gasteiger partial charge in [0, 0.05) is 29.6 Å². The van der Waals surface area contributed by atoms with E-state index in [2.05, 4.69) is 12.2 Å². The van der Waals surface area contributed by atoms with Crippen LogP contribution in [0.3, 0.4) is 0 Å². The lowest BCUT2D eigenvalue weighted by atomic mass is 9.98. The van der Waals surface area contributed by atoms with Crippen molar-refractivity contribution in [1.29, 1.82) is 0 Å². The largest absolute Gasteiger partial charge is 0.494 e. The van der Waals surface area contributed by atoms with Gasteiger partial charge in [0.15, 0.2) is 6.04 Å². The van der Waals surface area contributed by atoms with Crippen molar-refractivity contribution < 1.29 is 32.6 Å². The molecule has 0 radical (unpaired) electrons. The van der Waals surface area contributed by atoms with Gasteiger partial charge in [-0.05, 0) is 144 Å². The number of nitrogens with one attached hydrogen (secondary N) is 1. The van der Waals surface area contributed by atoms with Crippen molar-refractivity contribution in [3.63, 3.8) is 0 Å². The molecule has 11 heteroatoms. The highest BCUT2D eigenvalue weighted by molar-refractivity contribution is 7.97. The number of amides is 2. The predicted octanol–water partition coefficient (Wildman–Crippen LogP) is 8.96. The van der Waals surface area contributed by atoms with Crippen LogP contribution in [0.2, 0.25) is 0 Å². The first kappa shape index (κ1) is 37.7. The molecule has 8 nitrogen and oxygen atoms in total. The van der Waals surface area contributed by atoms with E-state index in [-0.39, 0.29) is 30.8 Å². The molecule has 0 spiro atoms. The lowest BCUT2D eigenvalue weighted by molar-refractivity contribution is -0.151. The molecule has 2 aliphatic rings. The Morgan fingerprint density at radius 2 is 1.58 bits per heavy atom. The number of likely N-dealkylation sites (N-methyl/N-ethyl adjacent to an activating group) is 1. The topological polar surface area (TPSA) is 80.3 Å². The van der Waals surface area contributed by atoms with Gasteiger partial charge in [0.05, 0.1) is 12.7 Å². The Morgan fingerprint density at radius 3 is 2.24 bits per heavy atom. The van der Waals surface area contributed by atoms with Crippen LogP contribution in [0.4, 0.5) is 13.6 Å². The van der Waals surface area contributed by atoms with E-state index in [1.807, 2.05) is 36.4 Å². The van der Waals surface area contributed by atoms with Crippen LogP contribution in [0.1, 0.15) is 84.6 Å². The minimum Gasteiger partial charge on any atom is -0.494 e. The molecule has 0 bridgehead atoms. The fourth-order valence-electron chi connectivity index (χ4n) is 6.45. The van der Waals surface area contributed by atoms with Crippen molar-refractivity contribution in [2.45, 2.75) is 114 Å². The standard InChI is InChI=1S/C39H51F2N3O5S/c1-6-7-24-47-31-17-14-29(15-18-31)39(40,41)35(36(45)44-22-20-30(21-23-44)42-37(46)49-38(2,3)4)43(5)50-34-19-13-27-25-33(16-12-28(27)26-34)48-32-10-8-9-11-32/h12-19,25-26,30,32,35H,6-11,20-24H2,1-5H3,(H,42,46). The smallest absolute Gasteiger partial charge is 0.407 e. The zero-order chi connectivity index (χ0) is 35.9. The molecule has 3 aromatic rings. The van der Waals surface area contributed by atoms with Crippen molar-refractivity contribution >= 4 is 34.7 Å². The highest BCUT2D eigenvalue weighted by Gasteiger charge is 2.50. The number of hydrogen-bond donors (Lipinski definition) is 1. The summed E-state index contributed by atoms with van der Waals surface area (Å²) in [6.45, 7) is 8.39.